The van der Waals surface area contributed by atoms with Crippen molar-refractivity contribution in [2.75, 3.05) is 7.05 Å². The highest BCUT2D eigenvalue weighted by atomic mass is 32.1. The van der Waals surface area contributed by atoms with Crippen LogP contribution in [0, 0.1) is 17.6 Å². The molecule has 2 heterocycles. The Morgan fingerprint density at radius 2 is 2.08 bits per heavy atom. The van der Waals surface area contributed by atoms with Crippen molar-refractivity contribution >= 4 is 23.6 Å². The number of halogens is 1. The van der Waals surface area contributed by atoms with Crippen LogP contribution in [0.3, 0.4) is 0 Å². The molecule has 5 nitrogen and oxygen atoms in total. The summed E-state index contributed by atoms with van der Waals surface area (Å²) >= 11 is 6.85. The number of quaternary nitrogens is 1. The van der Waals surface area contributed by atoms with Gasteiger partial charge >= 0.3 is 0 Å². The molecule has 1 N–H and O–H groups in total. The van der Waals surface area contributed by atoms with Crippen LogP contribution in [-0.4, -0.2) is 21.8 Å². The van der Waals surface area contributed by atoms with Crippen molar-refractivity contribution in [3.05, 3.63) is 62.5 Å². The third kappa shape index (κ3) is 4.34. The van der Waals surface area contributed by atoms with Crippen molar-refractivity contribution in [3.63, 3.8) is 0 Å². The Labute approximate surface area is 148 Å². The summed E-state index contributed by atoms with van der Waals surface area (Å²) < 4.78 is 20.2. The van der Waals surface area contributed by atoms with Gasteiger partial charge in [-0.25, -0.2) is 9.37 Å². The van der Waals surface area contributed by atoms with Crippen molar-refractivity contribution in [1.82, 2.24) is 14.8 Å². The standard InChI is InChI=1S/C16H17FN4OS2/c1-11-18-14(9-24-11)7-15-19-21(16(23)22-15)10-20(2)8-12-3-5-13(17)6-4-12/h3-6,9H,7-8,10H2,1-2H3/p+1. The molecule has 1 aromatic carbocycles. The highest BCUT2D eigenvalue weighted by Crippen LogP contribution is 2.12. The Balaban J connectivity index is 1.64. The number of nitrogens with zero attached hydrogens (tertiary/aromatic N) is 3. The zero-order valence-corrected chi connectivity index (χ0v) is 15.1. The first-order valence-corrected chi connectivity index (χ1v) is 8.82. The van der Waals surface area contributed by atoms with Gasteiger partial charge in [-0.1, -0.05) is 12.1 Å². The van der Waals surface area contributed by atoms with Gasteiger partial charge in [0.25, 0.3) is 4.84 Å². The van der Waals surface area contributed by atoms with Crippen molar-refractivity contribution < 1.29 is 13.7 Å². The number of hydrogen-bond donors (Lipinski definition) is 1. The van der Waals surface area contributed by atoms with Gasteiger partial charge in [-0.3, -0.25) is 0 Å². The van der Waals surface area contributed by atoms with Gasteiger partial charge in [-0.2, -0.15) is 4.68 Å². The van der Waals surface area contributed by atoms with E-state index in [1.807, 2.05) is 19.4 Å². The van der Waals surface area contributed by atoms with E-state index in [1.165, 1.54) is 17.0 Å². The van der Waals surface area contributed by atoms with Crippen LogP contribution < -0.4 is 4.90 Å². The third-order valence-corrected chi connectivity index (χ3v) is 4.60. The quantitative estimate of drug-likeness (QED) is 0.682. The molecule has 0 saturated carbocycles. The Kier molecular flexibility index (Phi) is 5.17. The zero-order chi connectivity index (χ0) is 17.1. The lowest BCUT2D eigenvalue weighted by molar-refractivity contribution is -0.917. The zero-order valence-electron chi connectivity index (χ0n) is 13.5. The number of hydrogen-bond acceptors (Lipinski definition) is 5. The Morgan fingerprint density at radius 1 is 1.33 bits per heavy atom. The lowest BCUT2D eigenvalue weighted by atomic mass is 10.2. The highest BCUT2D eigenvalue weighted by Gasteiger charge is 2.12. The molecule has 0 amide bonds. The van der Waals surface area contributed by atoms with Crippen LogP contribution in [0.15, 0.2) is 34.1 Å². The first kappa shape index (κ1) is 16.9. The predicted octanol–water partition coefficient (Wildman–Crippen LogP) is 2.37. The SMILES string of the molecule is Cc1nc(Cc2nn(C[NH+](C)Cc3ccc(F)cc3)c(=S)o2)cs1. The number of thiazole rings is 1. The van der Waals surface area contributed by atoms with Gasteiger partial charge in [-0.15, -0.1) is 16.4 Å². The molecule has 1 atom stereocenters. The summed E-state index contributed by atoms with van der Waals surface area (Å²) in [5.74, 6) is 0.344. The van der Waals surface area contributed by atoms with E-state index >= 15 is 0 Å². The lowest BCUT2D eigenvalue weighted by Gasteiger charge is -2.13. The minimum absolute atomic E-state index is 0.225. The van der Waals surface area contributed by atoms with E-state index < -0.39 is 0 Å². The summed E-state index contributed by atoms with van der Waals surface area (Å²) in [5, 5.41) is 7.46. The minimum Gasteiger partial charge on any atom is -0.413 e. The molecular formula is C16H18FN4OS2+. The summed E-state index contributed by atoms with van der Waals surface area (Å²) in [6.07, 6.45) is 0.540. The van der Waals surface area contributed by atoms with E-state index in [0.717, 1.165) is 22.8 Å². The molecule has 3 rings (SSSR count). The number of aryl methyl sites for hydroxylation is 1. The van der Waals surface area contributed by atoms with E-state index in [2.05, 4.69) is 10.1 Å². The topological polar surface area (TPSA) is 48.3 Å². The molecule has 8 heteroatoms. The Bertz CT molecular complexity index is 869. The average molecular weight is 365 g/mol. The second-order valence-corrected chi connectivity index (χ2v) is 7.13. The number of rotatable bonds is 6. The summed E-state index contributed by atoms with van der Waals surface area (Å²) in [5.41, 5.74) is 2.00. The number of benzene rings is 1. The normalized spacial score (nSPS) is 12.5. The van der Waals surface area contributed by atoms with E-state index in [4.69, 9.17) is 16.6 Å². The molecule has 2 aromatic heterocycles. The van der Waals surface area contributed by atoms with Crippen LogP contribution in [0.1, 0.15) is 22.2 Å². The number of aromatic nitrogens is 3. The Morgan fingerprint density at radius 3 is 2.75 bits per heavy atom. The van der Waals surface area contributed by atoms with E-state index in [9.17, 15) is 4.39 Å². The summed E-state index contributed by atoms with van der Waals surface area (Å²) in [6, 6.07) is 6.52. The van der Waals surface area contributed by atoms with Crippen molar-refractivity contribution in [2.24, 2.45) is 0 Å². The first-order chi connectivity index (χ1) is 11.5. The molecule has 0 radical (unpaired) electrons. The maximum Gasteiger partial charge on any atom is 0.291 e. The monoisotopic (exact) mass is 365 g/mol. The molecule has 0 aliphatic rings. The molecule has 0 aliphatic carbocycles. The van der Waals surface area contributed by atoms with Crippen LogP contribution in [0.5, 0.6) is 0 Å². The molecular weight excluding hydrogens is 347 g/mol. The largest absolute Gasteiger partial charge is 0.413 e. The molecule has 0 bridgehead atoms. The van der Waals surface area contributed by atoms with Crippen LogP contribution in [-0.2, 0) is 19.6 Å². The summed E-state index contributed by atoms with van der Waals surface area (Å²) in [6.45, 7) is 3.29. The first-order valence-electron chi connectivity index (χ1n) is 7.53. The van der Waals surface area contributed by atoms with Gasteiger partial charge in [0.05, 0.1) is 24.2 Å². The van der Waals surface area contributed by atoms with Gasteiger partial charge in [0.15, 0.2) is 6.67 Å². The molecule has 0 spiro atoms. The second-order valence-electron chi connectivity index (χ2n) is 5.71. The fourth-order valence-electron chi connectivity index (χ4n) is 2.43. The minimum atomic E-state index is -0.225. The fraction of sp³-hybridized carbons (Fsp3) is 0.312. The van der Waals surface area contributed by atoms with Gasteiger partial charge in [-0.05, 0) is 31.3 Å². The van der Waals surface area contributed by atoms with E-state index in [-0.39, 0.29) is 5.82 Å². The van der Waals surface area contributed by atoms with Crippen LogP contribution >= 0.6 is 23.6 Å². The van der Waals surface area contributed by atoms with E-state index in [0.29, 0.717) is 23.8 Å². The van der Waals surface area contributed by atoms with E-state index in [1.54, 1.807) is 28.2 Å². The van der Waals surface area contributed by atoms with Crippen LogP contribution in [0.25, 0.3) is 0 Å². The third-order valence-electron chi connectivity index (χ3n) is 3.49. The van der Waals surface area contributed by atoms with Crippen molar-refractivity contribution in [1.29, 1.82) is 0 Å². The predicted molar refractivity (Wildman–Crippen MR) is 92.0 cm³/mol. The molecule has 3 aromatic rings. The lowest BCUT2D eigenvalue weighted by Crippen LogP contribution is -3.07. The smallest absolute Gasteiger partial charge is 0.291 e. The maximum atomic E-state index is 13.0. The number of nitrogens with one attached hydrogen (secondary N) is 1. The summed E-state index contributed by atoms with van der Waals surface area (Å²) in [4.78, 5) is 5.93. The van der Waals surface area contributed by atoms with Gasteiger partial charge < -0.3 is 9.32 Å². The van der Waals surface area contributed by atoms with Gasteiger partial charge in [0.2, 0.25) is 5.89 Å². The molecule has 1 unspecified atom stereocenters. The highest BCUT2D eigenvalue weighted by molar-refractivity contribution is 7.71. The molecule has 0 saturated heterocycles. The van der Waals surface area contributed by atoms with Crippen molar-refractivity contribution in [3.8, 4) is 0 Å². The van der Waals surface area contributed by atoms with Crippen LogP contribution in [0.2, 0.25) is 0 Å². The molecule has 126 valence electrons. The van der Waals surface area contributed by atoms with Crippen LogP contribution in [0.4, 0.5) is 4.39 Å². The summed E-state index contributed by atoms with van der Waals surface area (Å²) in [7, 11) is 2.03. The average Bonchev–Trinajstić information content (AvgIpc) is 3.08. The molecule has 0 aliphatic heterocycles. The van der Waals surface area contributed by atoms with Crippen molar-refractivity contribution in [2.45, 2.75) is 26.6 Å². The van der Waals surface area contributed by atoms with Gasteiger partial charge in [0, 0.05) is 10.9 Å². The molecule has 0 fully saturated rings. The Hall–Kier alpha value is -1.90. The van der Waals surface area contributed by atoms with Gasteiger partial charge in [0.1, 0.15) is 12.4 Å². The fourth-order valence-corrected chi connectivity index (χ4v) is 3.24. The second kappa shape index (κ2) is 7.33. The maximum absolute atomic E-state index is 13.0. The molecule has 24 heavy (non-hydrogen) atoms.